The Labute approximate surface area is 70.6 Å². The van der Waals surface area contributed by atoms with E-state index >= 15 is 0 Å². The second kappa shape index (κ2) is 8.96. The van der Waals surface area contributed by atoms with Crippen molar-refractivity contribution in [3.8, 4) is 0 Å². The highest BCUT2D eigenvalue weighted by Gasteiger charge is 1.71. The van der Waals surface area contributed by atoms with Crippen LogP contribution >= 0.6 is 0 Å². The van der Waals surface area contributed by atoms with Crippen LogP contribution in [0.2, 0.25) is 0 Å². The molecule has 11 heavy (non-hydrogen) atoms. The molecule has 0 radical (unpaired) electrons. The van der Waals surface area contributed by atoms with Crippen molar-refractivity contribution in [3.05, 3.63) is 48.6 Å². The van der Waals surface area contributed by atoms with E-state index < -0.39 is 0 Å². The zero-order chi connectivity index (χ0) is 7.82. The SMILES string of the molecule is C.C=C/C(C)=C/C=C\C=C/C. The summed E-state index contributed by atoms with van der Waals surface area (Å²) < 4.78 is 0. The van der Waals surface area contributed by atoms with Gasteiger partial charge in [0.15, 0.2) is 0 Å². The van der Waals surface area contributed by atoms with Gasteiger partial charge >= 0.3 is 0 Å². The third-order valence-corrected chi connectivity index (χ3v) is 1.10. The van der Waals surface area contributed by atoms with E-state index in [1.807, 2.05) is 50.3 Å². The number of hydrogen-bond acceptors (Lipinski definition) is 0. The molecule has 0 amide bonds. The van der Waals surface area contributed by atoms with Crippen LogP contribution < -0.4 is 0 Å². The Hall–Kier alpha value is -1.04. The largest absolute Gasteiger partial charge is 0.0988 e. The standard InChI is InChI=1S/C10H14.CH4/c1-4-6-7-8-9-10(3)5-2;/h4-9H,2H2,1,3H3;1H4/b6-4-,8-7-,10-9+;. The second-order valence-electron chi connectivity index (χ2n) is 2.03. The molecule has 0 spiro atoms. The van der Waals surface area contributed by atoms with Crippen LogP contribution in [-0.4, -0.2) is 0 Å². The summed E-state index contributed by atoms with van der Waals surface area (Å²) in [7, 11) is 0. The predicted octanol–water partition coefficient (Wildman–Crippen LogP) is 3.89. The molecular weight excluding hydrogens is 132 g/mol. The molecule has 0 N–H and O–H groups in total. The second-order valence-corrected chi connectivity index (χ2v) is 2.03. The lowest BCUT2D eigenvalue weighted by Crippen LogP contribution is -1.61. The van der Waals surface area contributed by atoms with E-state index in [2.05, 4.69) is 6.58 Å². The Balaban J connectivity index is 0. The van der Waals surface area contributed by atoms with Crippen LogP contribution in [0.1, 0.15) is 21.3 Å². The van der Waals surface area contributed by atoms with Crippen molar-refractivity contribution in [2.45, 2.75) is 21.3 Å². The monoisotopic (exact) mass is 150 g/mol. The highest BCUT2D eigenvalue weighted by Crippen LogP contribution is 1.92. The summed E-state index contributed by atoms with van der Waals surface area (Å²) >= 11 is 0. The lowest BCUT2D eigenvalue weighted by molar-refractivity contribution is 1.53. The smallest absolute Gasteiger partial charge is 0.0398 e. The summed E-state index contributed by atoms with van der Waals surface area (Å²) in [6.07, 6.45) is 11.8. The molecule has 0 unspecified atom stereocenters. The average Bonchev–Trinajstić information content (AvgIpc) is 1.98. The molecular formula is C11H18. The maximum atomic E-state index is 3.64. The minimum Gasteiger partial charge on any atom is -0.0988 e. The van der Waals surface area contributed by atoms with Gasteiger partial charge in [-0.25, -0.2) is 0 Å². The van der Waals surface area contributed by atoms with Crippen LogP contribution in [0.25, 0.3) is 0 Å². The molecule has 0 rings (SSSR count). The summed E-state index contributed by atoms with van der Waals surface area (Å²) in [4.78, 5) is 0. The number of hydrogen-bond donors (Lipinski definition) is 0. The topological polar surface area (TPSA) is 0 Å². The normalized spacial score (nSPS) is 12.0. The van der Waals surface area contributed by atoms with Gasteiger partial charge in [-0.2, -0.15) is 0 Å². The van der Waals surface area contributed by atoms with Crippen molar-refractivity contribution < 1.29 is 0 Å². The fourth-order valence-corrected chi connectivity index (χ4v) is 0.451. The first-order valence-corrected chi connectivity index (χ1v) is 3.40. The first kappa shape index (κ1) is 12.6. The molecule has 0 heterocycles. The van der Waals surface area contributed by atoms with Gasteiger partial charge in [0, 0.05) is 0 Å². The minimum absolute atomic E-state index is 0. The zero-order valence-electron chi connectivity index (χ0n) is 6.67. The van der Waals surface area contributed by atoms with Gasteiger partial charge in [-0.3, -0.25) is 0 Å². The van der Waals surface area contributed by atoms with Gasteiger partial charge < -0.3 is 0 Å². The van der Waals surface area contributed by atoms with E-state index in [4.69, 9.17) is 0 Å². The molecule has 0 heteroatoms. The van der Waals surface area contributed by atoms with Gasteiger partial charge in [0.2, 0.25) is 0 Å². The van der Waals surface area contributed by atoms with E-state index in [1.165, 1.54) is 5.57 Å². The Morgan fingerprint density at radius 3 is 2.27 bits per heavy atom. The van der Waals surface area contributed by atoms with Crippen LogP contribution in [0.15, 0.2) is 48.6 Å². The van der Waals surface area contributed by atoms with Gasteiger partial charge in [0.1, 0.15) is 0 Å². The van der Waals surface area contributed by atoms with Crippen LogP contribution in [0.3, 0.4) is 0 Å². The van der Waals surface area contributed by atoms with E-state index in [0.29, 0.717) is 0 Å². The third-order valence-electron chi connectivity index (χ3n) is 1.10. The molecule has 0 aromatic heterocycles. The van der Waals surface area contributed by atoms with Crippen molar-refractivity contribution in [3.63, 3.8) is 0 Å². The van der Waals surface area contributed by atoms with Crippen molar-refractivity contribution in [2.75, 3.05) is 0 Å². The van der Waals surface area contributed by atoms with Gasteiger partial charge in [0.25, 0.3) is 0 Å². The Kier molecular flexibility index (Phi) is 10.3. The molecule has 0 aliphatic rings. The molecule has 0 nitrogen and oxygen atoms in total. The minimum atomic E-state index is 0. The van der Waals surface area contributed by atoms with Crippen LogP contribution in [0.5, 0.6) is 0 Å². The Bertz CT molecular complexity index is 168. The average molecular weight is 150 g/mol. The molecule has 0 aromatic carbocycles. The molecule has 0 atom stereocenters. The maximum Gasteiger partial charge on any atom is -0.0398 e. The van der Waals surface area contributed by atoms with Crippen LogP contribution in [-0.2, 0) is 0 Å². The van der Waals surface area contributed by atoms with Gasteiger partial charge in [-0.05, 0) is 13.8 Å². The number of allylic oxidation sites excluding steroid dienone is 7. The van der Waals surface area contributed by atoms with E-state index in [-0.39, 0.29) is 7.43 Å². The molecule has 62 valence electrons. The number of rotatable bonds is 3. The van der Waals surface area contributed by atoms with E-state index in [1.54, 1.807) is 0 Å². The zero-order valence-corrected chi connectivity index (χ0v) is 6.67. The fourth-order valence-electron chi connectivity index (χ4n) is 0.451. The predicted molar refractivity (Wildman–Crippen MR) is 54.6 cm³/mol. The first-order chi connectivity index (χ1) is 4.81. The first-order valence-electron chi connectivity index (χ1n) is 3.40. The quantitative estimate of drug-likeness (QED) is 0.535. The third kappa shape index (κ3) is 8.96. The maximum absolute atomic E-state index is 3.64. The lowest BCUT2D eigenvalue weighted by atomic mass is 10.3. The molecule has 0 fully saturated rings. The lowest BCUT2D eigenvalue weighted by Gasteiger charge is -1.82. The fraction of sp³-hybridized carbons (Fsp3) is 0.273. The summed E-state index contributed by atoms with van der Waals surface area (Å²) in [5.41, 5.74) is 1.18. The summed E-state index contributed by atoms with van der Waals surface area (Å²) in [5, 5.41) is 0. The van der Waals surface area contributed by atoms with Crippen LogP contribution in [0.4, 0.5) is 0 Å². The summed E-state index contributed by atoms with van der Waals surface area (Å²) in [5.74, 6) is 0. The molecule has 0 saturated carbocycles. The van der Waals surface area contributed by atoms with Gasteiger partial charge in [-0.15, -0.1) is 0 Å². The van der Waals surface area contributed by atoms with Crippen molar-refractivity contribution in [1.82, 2.24) is 0 Å². The summed E-state index contributed by atoms with van der Waals surface area (Å²) in [6.45, 7) is 7.65. The van der Waals surface area contributed by atoms with Crippen molar-refractivity contribution in [1.29, 1.82) is 0 Å². The van der Waals surface area contributed by atoms with E-state index in [9.17, 15) is 0 Å². The molecule has 0 aromatic rings. The molecule has 0 bridgehead atoms. The molecule has 0 saturated heterocycles. The highest BCUT2D eigenvalue weighted by atomic mass is 13.8. The van der Waals surface area contributed by atoms with Crippen LogP contribution in [0, 0.1) is 0 Å². The van der Waals surface area contributed by atoms with Gasteiger partial charge in [-0.1, -0.05) is 56.0 Å². The van der Waals surface area contributed by atoms with Crippen molar-refractivity contribution >= 4 is 0 Å². The highest BCUT2D eigenvalue weighted by molar-refractivity contribution is 5.21. The Morgan fingerprint density at radius 2 is 1.82 bits per heavy atom. The van der Waals surface area contributed by atoms with E-state index in [0.717, 1.165) is 0 Å². The molecule has 0 aliphatic carbocycles. The Morgan fingerprint density at radius 1 is 1.18 bits per heavy atom. The van der Waals surface area contributed by atoms with Crippen molar-refractivity contribution in [2.24, 2.45) is 0 Å². The van der Waals surface area contributed by atoms with Gasteiger partial charge in [0.05, 0.1) is 0 Å². The summed E-state index contributed by atoms with van der Waals surface area (Å²) in [6, 6.07) is 0. The molecule has 0 aliphatic heterocycles.